The van der Waals surface area contributed by atoms with Crippen LogP contribution in [-0.2, 0) is 14.8 Å². The van der Waals surface area contributed by atoms with E-state index in [-0.39, 0.29) is 11.4 Å². The molecule has 0 saturated carbocycles. The van der Waals surface area contributed by atoms with E-state index in [1.54, 1.807) is 43.3 Å². The molecule has 0 aliphatic carbocycles. The van der Waals surface area contributed by atoms with E-state index < -0.39 is 22.0 Å². The summed E-state index contributed by atoms with van der Waals surface area (Å²) >= 11 is 0. The molecule has 126 valence electrons. The molecule has 0 spiro atoms. The second-order valence-electron chi connectivity index (χ2n) is 5.78. The summed E-state index contributed by atoms with van der Waals surface area (Å²) in [5.74, 6) is -0.383. The van der Waals surface area contributed by atoms with Crippen LogP contribution in [0.5, 0.6) is 5.75 Å². The van der Waals surface area contributed by atoms with E-state index in [9.17, 15) is 13.2 Å². The maximum absolute atomic E-state index is 13.2. The molecule has 1 amide bonds. The summed E-state index contributed by atoms with van der Waals surface area (Å²) in [6.45, 7) is 3.50. The summed E-state index contributed by atoms with van der Waals surface area (Å²) in [6, 6.07) is 11.8. The van der Waals surface area contributed by atoms with Crippen LogP contribution < -0.4 is 14.8 Å². The number of nitrogens with two attached hydrogens (primary N) is 1. The van der Waals surface area contributed by atoms with Crippen LogP contribution in [0.2, 0.25) is 0 Å². The Bertz CT molecular complexity index is 909. The van der Waals surface area contributed by atoms with Crippen molar-refractivity contribution >= 4 is 21.6 Å². The molecule has 2 aromatic rings. The molecule has 0 bridgehead atoms. The number of amides is 1. The van der Waals surface area contributed by atoms with E-state index in [1.165, 1.54) is 4.31 Å². The lowest BCUT2D eigenvalue weighted by Gasteiger charge is -2.34. The second kappa shape index (κ2) is 5.83. The SMILES string of the molecule is Cc1ccc(S(=O)(=O)N2C[C@@H](C(N)=O)Oc3ccccc32)c(C)c1. The van der Waals surface area contributed by atoms with Gasteiger partial charge in [0.05, 0.1) is 17.1 Å². The standard InChI is InChI=1S/C17H18N2O4S/c1-11-7-8-16(12(2)9-11)24(21,22)19-10-15(17(18)20)23-14-6-4-3-5-13(14)19/h3-9,15H,10H2,1-2H3,(H2,18,20)/t15-/m0/s1. The molecular weight excluding hydrogens is 328 g/mol. The molecule has 2 N–H and O–H groups in total. The fourth-order valence-corrected chi connectivity index (χ4v) is 4.47. The number of aryl methyl sites for hydroxylation is 2. The number of sulfonamides is 1. The Morgan fingerprint density at radius 2 is 1.92 bits per heavy atom. The summed E-state index contributed by atoms with van der Waals surface area (Å²) < 4.78 is 33.1. The van der Waals surface area contributed by atoms with E-state index in [2.05, 4.69) is 0 Å². The number of anilines is 1. The average molecular weight is 346 g/mol. The van der Waals surface area contributed by atoms with Gasteiger partial charge in [0.25, 0.3) is 15.9 Å². The van der Waals surface area contributed by atoms with Crippen LogP contribution in [-0.4, -0.2) is 27.0 Å². The molecule has 2 aromatic carbocycles. The molecule has 7 heteroatoms. The van der Waals surface area contributed by atoms with Crippen molar-refractivity contribution in [3.8, 4) is 5.75 Å². The summed E-state index contributed by atoms with van der Waals surface area (Å²) in [5, 5.41) is 0. The van der Waals surface area contributed by atoms with Crippen LogP contribution >= 0.6 is 0 Å². The molecule has 3 rings (SSSR count). The van der Waals surface area contributed by atoms with E-state index in [0.29, 0.717) is 17.0 Å². The number of primary amides is 1. The minimum Gasteiger partial charge on any atom is -0.476 e. The minimum absolute atomic E-state index is 0.151. The Morgan fingerprint density at radius 1 is 1.21 bits per heavy atom. The molecule has 1 aliphatic heterocycles. The molecule has 1 aliphatic rings. The Morgan fingerprint density at radius 3 is 2.58 bits per heavy atom. The molecule has 0 fully saturated rings. The zero-order valence-electron chi connectivity index (χ0n) is 13.4. The number of rotatable bonds is 3. The number of nitrogens with zero attached hydrogens (tertiary/aromatic N) is 1. The Kier molecular flexibility index (Phi) is 3.96. The van der Waals surface area contributed by atoms with Gasteiger partial charge in [0.1, 0.15) is 5.75 Å². The van der Waals surface area contributed by atoms with Crippen LogP contribution in [0.4, 0.5) is 5.69 Å². The van der Waals surface area contributed by atoms with Gasteiger partial charge in [0, 0.05) is 0 Å². The van der Waals surface area contributed by atoms with Gasteiger partial charge in [-0.15, -0.1) is 0 Å². The highest BCUT2D eigenvalue weighted by atomic mass is 32.2. The third-order valence-electron chi connectivity index (χ3n) is 3.95. The van der Waals surface area contributed by atoms with E-state index in [1.807, 2.05) is 13.0 Å². The average Bonchev–Trinajstić information content (AvgIpc) is 2.53. The van der Waals surface area contributed by atoms with Gasteiger partial charge in [-0.25, -0.2) is 8.42 Å². The van der Waals surface area contributed by atoms with Crippen LogP contribution in [0.25, 0.3) is 0 Å². The highest BCUT2D eigenvalue weighted by Crippen LogP contribution is 2.37. The van der Waals surface area contributed by atoms with Crippen LogP contribution in [0, 0.1) is 13.8 Å². The molecule has 1 atom stereocenters. The van der Waals surface area contributed by atoms with Gasteiger partial charge in [-0.05, 0) is 37.6 Å². The first kappa shape index (κ1) is 16.3. The fraction of sp³-hybridized carbons (Fsp3) is 0.235. The number of para-hydroxylation sites is 2. The molecule has 0 radical (unpaired) electrons. The van der Waals surface area contributed by atoms with E-state index in [0.717, 1.165) is 5.56 Å². The van der Waals surface area contributed by atoms with Gasteiger partial charge in [-0.1, -0.05) is 29.8 Å². The fourth-order valence-electron chi connectivity index (χ4n) is 2.79. The molecule has 1 heterocycles. The molecule has 0 unspecified atom stereocenters. The molecular formula is C17H18N2O4S. The third kappa shape index (κ3) is 2.71. The third-order valence-corrected chi connectivity index (χ3v) is 5.89. The highest BCUT2D eigenvalue weighted by Gasteiger charge is 2.37. The predicted octanol–water partition coefficient (Wildman–Crippen LogP) is 1.75. The van der Waals surface area contributed by atoms with Gasteiger partial charge in [-0.3, -0.25) is 9.10 Å². The number of benzene rings is 2. The van der Waals surface area contributed by atoms with E-state index in [4.69, 9.17) is 10.5 Å². The maximum Gasteiger partial charge on any atom is 0.264 e. The van der Waals surface area contributed by atoms with Crippen molar-refractivity contribution in [3.05, 3.63) is 53.6 Å². The minimum atomic E-state index is -3.84. The lowest BCUT2D eigenvalue weighted by atomic mass is 10.2. The zero-order chi connectivity index (χ0) is 17.5. The normalized spacial score (nSPS) is 17.1. The second-order valence-corrected chi connectivity index (χ2v) is 7.61. The van der Waals surface area contributed by atoms with Crippen LogP contribution in [0.1, 0.15) is 11.1 Å². The maximum atomic E-state index is 13.2. The molecule has 0 aromatic heterocycles. The van der Waals surface area contributed by atoms with Crippen molar-refractivity contribution in [1.29, 1.82) is 0 Å². The Hall–Kier alpha value is -2.54. The predicted molar refractivity (Wildman–Crippen MR) is 90.5 cm³/mol. The largest absolute Gasteiger partial charge is 0.476 e. The van der Waals surface area contributed by atoms with Crippen LogP contribution in [0.3, 0.4) is 0 Å². The first-order valence-electron chi connectivity index (χ1n) is 7.45. The van der Waals surface area contributed by atoms with Crippen molar-refractivity contribution in [2.24, 2.45) is 5.73 Å². The first-order chi connectivity index (χ1) is 11.3. The van der Waals surface area contributed by atoms with Crippen molar-refractivity contribution in [2.45, 2.75) is 24.8 Å². The lowest BCUT2D eigenvalue weighted by molar-refractivity contribution is -0.124. The van der Waals surface area contributed by atoms with Gasteiger partial charge in [-0.2, -0.15) is 0 Å². The van der Waals surface area contributed by atoms with Crippen molar-refractivity contribution in [2.75, 3.05) is 10.8 Å². The highest BCUT2D eigenvalue weighted by molar-refractivity contribution is 7.92. The number of hydrogen-bond donors (Lipinski definition) is 1. The number of carbonyl (C=O) groups is 1. The summed E-state index contributed by atoms with van der Waals surface area (Å²) in [6.07, 6.45) is -1.03. The monoisotopic (exact) mass is 346 g/mol. The lowest BCUT2D eigenvalue weighted by Crippen LogP contribution is -2.49. The summed E-state index contributed by atoms with van der Waals surface area (Å²) in [7, 11) is -3.84. The van der Waals surface area contributed by atoms with Crippen molar-refractivity contribution in [1.82, 2.24) is 0 Å². The number of carbonyl (C=O) groups excluding carboxylic acids is 1. The molecule has 6 nitrogen and oxygen atoms in total. The summed E-state index contributed by atoms with van der Waals surface area (Å²) in [5.41, 5.74) is 7.35. The summed E-state index contributed by atoms with van der Waals surface area (Å²) in [4.78, 5) is 11.8. The van der Waals surface area contributed by atoms with Crippen LogP contribution in [0.15, 0.2) is 47.4 Å². The van der Waals surface area contributed by atoms with Gasteiger partial charge in [0.15, 0.2) is 6.10 Å². The van der Waals surface area contributed by atoms with E-state index >= 15 is 0 Å². The quantitative estimate of drug-likeness (QED) is 0.917. The van der Waals surface area contributed by atoms with Crippen molar-refractivity contribution < 1.29 is 17.9 Å². The Balaban J connectivity index is 2.14. The van der Waals surface area contributed by atoms with Gasteiger partial charge >= 0.3 is 0 Å². The molecule has 24 heavy (non-hydrogen) atoms. The number of fused-ring (bicyclic) bond motifs is 1. The zero-order valence-corrected chi connectivity index (χ0v) is 14.2. The smallest absolute Gasteiger partial charge is 0.264 e. The topological polar surface area (TPSA) is 89.7 Å². The number of ether oxygens (including phenoxy) is 1. The number of hydrogen-bond acceptors (Lipinski definition) is 4. The first-order valence-corrected chi connectivity index (χ1v) is 8.89. The van der Waals surface area contributed by atoms with Gasteiger partial charge in [0.2, 0.25) is 0 Å². The Labute approximate surface area is 140 Å². The molecule has 0 saturated heterocycles. The van der Waals surface area contributed by atoms with Crippen molar-refractivity contribution in [3.63, 3.8) is 0 Å². The van der Waals surface area contributed by atoms with Gasteiger partial charge < -0.3 is 10.5 Å².